The minimum absolute atomic E-state index is 0.0102. The molecule has 94 valence electrons. The number of hydrogen-bond donors (Lipinski definition) is 2. The average Bonchev–Trinajstić information content (AvgIpc) is 2.98. The van der Waals surface area contributed by atoms with E-state index in [4.69, 9.17) is 4.52 Å². The summed E-state index contributed by atoms with van der Waals surface area (Å²) in [5.74, 6) is 1.30. The zero-order chi connectivity index (χ0) is 11.7. The van der Waals surface area contributed by atoms with Crippen LogP contribution in [0.4, 0.5) is 5.95 Å². The molecular formula is C11H18N4O2. The van der Waals surface area contributed by atoms with Crippen LogP contribution in [-0.2, 0) is 0 Å². The summed E-state index contributed by atoms with van der Waals surface area (Å²) in [7, 11) is 0. The van der Waals surface area contributed by atoms with Crippen molar-refractivity contribution < 1.29 is 9.63 Å². The number of rotatable bonds is 2. The molecule has 0 amide bonds. The van der Waals surface area contributed by atoms with Gasteiger partial charge in [-0.3, -0.25) is 0 Å². The average molecular weight is 238 g/mol. The number of nitrogens with zero attached hydrogens (tertiary/aromatic N) is 3. The van der Waals surface area contributed by atoms with Crippen LogP contribution in [0.1, 0.15) is 37.6 Å². The van der Waals surface area contributed by atoms with Gasteiger partial charge in [-0.25, -0.2) is 0 Å². The van der Waals surface area contributed by atoms with Gasteiger partial charge in [0.15, 0.2) is 0 Å². The van der Waals surface area contributed by atoms with Crippen molar-refractivity contribution in [1.82, 2.24) is 15.5 Å². The maximum absolute atomic E-state index is 9.45. The molecule has 0 bridgehead atoms. The fourth-order valence-corrected chi connectivity index (χ4v) is 2.50. The Kier molecular flexibility index (Phi) is 2.98. The summed E-state index contributed by atoms with van der Waals surface area (Å²) in [5.41, 5.74) is 0. The number of piperidine rings is 1. The smallest absolute Gasteiger partial charge is 0.266 e. The van der Waals surface area contributed by atoms with Gasteiger partial charge >= 0.3 is 0 Å². The maximum atomic E-state index is 9.45. The zero-order valence-corrected chi connectivity index (χ0v) is 9.80. The first kappa shape index (κ1) is 11.0. The third-order valence-electron chi connectivity index (χ3n) is 3.48. The van der Waals surface area contributed by atoms with Gasteiger partial charge in [-0.15, -0.1) is 0 Å². The van der Waals surface area contributed by atoms with Crippen molar-refractivity contribution in [2.24, 2.45) is 0 Å². The van der Waals surface area contributed by atoms with E-state index in [1.807, 2.05) is 0 Å². The highest BCUT2D eigenvalue weighted by Crippen LogP contribution is 2.24. The van der Waals surface area contributed by atoms with E-state index in [2.05, 4.69) is 20.4 Å². The molecule has 2 atom stereocenters. The van der Waals surface area contributed by atoms with Crippen LogP contribution < -0.4 is 10.2 Å². The fourth-order valence-electron chi connectivity index (χ4n) is 2.50. The van der Waals surface area contributed by atoms with E-state index in [1.165, 1.54) is 19.3 Å². The lowest BCUT2D eigenvalue weighted by Crippen LogP contribution is -2.30. The van der Waals surface area contributed by atoms with E-state index in [0.29, 0.717) is 24.8 Å². The first-order valence-corrected chi connectivity index (χ1v) is 6.33. The number of hydrogen-bond acceptors (Lipinski definition) is 6. The van der Waals surface area contributed by atoms with Crippen LogP contribution >= 0.6 is 0 Å². The number of aliphatic hydroxyl groups excluding tert-OH is 1. The van der Waals surface area contributed by atoms with Gasteiger partial charge in [0.05, 0.1) is 12.1 Å². The first-order valence-electron chi connectivity index (χ1n) is 6.33. The molecule has 1 aromatic rings. The summed E-state index contributed by atoms with van der Waals surface area (Å²) in [5, 5.41) is 16.7. The third-order valence-corrected chi connectivity index (χ3v) is 3.48. The quantitative estimate of drug-likeness (QED) is 0.779. The van der Waals surface area contributed by atoms with Crippen LogP contribution in [-0.4, -0.2) is 41.0 Å². The van der Waals surface area contributed by atoms with Gasteiger partial charge in [0.25, 0.3) is 5.95 Å². The molecule has 0 aromatic carbocycles. The third kappa shape index (κ3) is 2.28. The number of anilines is 1. The molecule has 0 saturated carbocycles. The van der Waals surface area contributed by atoms with Crippen molar-refractivity contribution in [3.63, 3.8) is 0 Å². The second kappa shape index (κ2) is 4.62. The van der Waals surface area contributed by atoms with Crippen molar-refractivity contribution in [2.45, 2.75) is 37.8 Å². The summed E-state index contributed by atoms with van der Waals surface area (Å²) in [4.78, 5) is 6.59. The Morgan fingerprint density at radius 1 is 1.29 bits per heavy atom. The van der Waals surface area contributed by atoms with Gasteiger partial charge in [-0.1, -0.05) is 0 Å². The normalized spacial score (nSPS) is 29.8. The monoisotopic (exact) mass is 238 g/mol. The second-order valence-electron chi connectivity index (χ2n) is 4.83. The van der Waals surface area contributed by atoms with E-state index in [1.54, 1.807) is 0 Å². The van der Waals surface area contributed by atoms with Crippen LogP contribution in [0.15, 0.2) is 4.52 Å². The number of aliphatic hydroxyl groups is 1. The van der Waals surface area contributed by atoms with E-state index in [-0.39, 0.29) is 12.1 Å². The predicted molar refractivity (Wildman–Crippen MR) is 61.7 cm³/mol. The SMILES string of the molecule is O[C@@H]1CN[C@H](c2nc(N3CCCCC3)no2)C1. The van der Waals surface area contributed by atoms with Gasteiger partial charge in [0, 0.05) is 19.6 Å². The molecule has 3 heterocycles. The molecule has 6 nitrogen and oxygen atoms in total. The molecule has 2 aliphatic heterocycles. The molecule has 6 heteroatoms. The molecule has 0 radical (unpaired) electrons. The molecule has 2 fully saturated rings. The lowest BCUT2D eigenvalue weighted by atomic mass is 10.1. The Hall–Kier alpha value is -1.14. The predicted octanol–water partition coefficient (Wildman–Crippen LogP) is 0.455. The van der Waals surface area contributed by atoms with Gasteiger partial charge < -0.3 is 19.8 Å². The van der Waals surface area contributed by atoms with Crippen LogP contribution in [0.3, 0.4) is 0 Å². The topological polar surface area (TPSA) is 74.4 Å². The van der Waals surface area contributed by atoms with E-state index in [0.717, 1.165) is 13.1 Å². The zero-order valence-electron chi connectivity index (χ0n) is 9.80. The van der Waals surface area contributed by atoms with E-state index in [9.17, 15) is 5.11 Å². The van der Waals surface area contributed by atoms with Crippen molar-refractivity contribution in [2.75, 3.05) is 24.5 Å². The minimum atomic E-state index is -0.301. The molecular weight excluding hydrogens is 220 g/mol. The highest BCUT2D eigenvalue weighted by Gasteiger charge is 2.29. The standard InChI is InChI=1S/C11H18N4O2/c16-8-6-9(12-7-8)10-13-11(14-17-10)15-4-2-1-3-5-15/h8-9,12,16H,1-7H2/t8-,9-/m0/s1. The minimum Gasteiger partial charge on any atom is -0.392 e. The van der Waals surface area contributed by atoms with Gasteiger partial charge in [-0.05, 0) is 30.8 Å². The summed E-state index contributed by atoms with van der Waals surface area (Å²) in [6.45, 7) is 2.63. The van der Waals surface area contributed by atoms with Crippen LogP contribution in [0.2, 0.25) is 0 Å². The van der Waals surface area contributed by atoms with Crippen LogP contribution in [0.5, 0.6) is 0 Å². The molecule has 2 aliphatic rings. The molecule has 0 aliphatic carbocycles. The number of aromatic nitrogens is 2. The summed E-state index contributed by atoms with van der Waals surface area (Å²) in [6, 6.07) is 0.0102. The van der Waals surface area contributed by atoms with E-state index >= 15 is 0 Å². The van der Waals surface area contributed by atoms with Gasteiger partial charge in [0.1, 0.15) is 0 Å². The van der Waals surface area contributed by atoms with Crippen LogP contribution in [0.25, 0.3) is 0 Å². The summed E-state index contributed by atoms with van der Waals surface area (Å²) in [6.07, 6.45) is 4.04. The van der Waals surface area contributed by atoms with E-state index < -0.39 is 0 Å². The number of β-amino-alcohol motifs (C(OH)–C–C–N with tert-alkyl or cyclic N) is 1. The maximum Gasteiger partial charge on any atom is 0.266 e. The Bertz CT molecular complexity index is 356. The number of nitrogens with one attached hydrogen (secondary N) is 1. The highest BCUT2D eigenvalue weighted by atomic mass is 16.5. The first-order chi connectivity index (χ1) is 8.33. The summed E-state index contributed by atoms with van der Waals surface area (Å²) < 4.78 is 5.27. The molecule has 0 spiro atoms. The Morgan fingerprint density at radius 3 is 2.82 bits per heavy atom. The Labute approximate surface area is 100.0 Å². The lowest BCUT2D eigenvalue weighted by molar-refractivity contribution is 0.191. The molecule has 3 rings (SSSR count). The Morgan fingerprint density at radius 2 is 2.12 bits per heavy atom. The second-order valence-corrected chi connectivity index (χ2v) is 4.83. The van der Waals surface area contributed by atoms with Crippen LogP contribution in [0, 0.1) is 0 Å². The molecule has 17 heavy (non-hydrogen) atoms. The molecule has 1 aromatic heterocycles. The van der Waals surface area contributed by atoms with Gasteiger partial charge in [-0.2, -0.15) is 4.98 Å². The summed E-state index contributed by atoms with van der Waals surface area (Å²) >= 11 is 0. The van der Waals surface area contributed by atoms with Crippen molar-refractivity contribution in [3.8, 4) is 0 Å². The van der Waals surface area contributed by atoms with Gasteiger partial charge in [0.2, 0.25) is 5.89 Å². The largest absolute Gasteiger partial charge is 0.392 e. The van der Waals surface area contributed by atoms with Crippen molar-refractivity contribution >= 4 is 5.95 Å². The molecule has 2 saturated heterocycles. The lowest BCUT2D eigenvalue weighted by Gasteiger charge is -2.24. The highest BCUT2D eigenvalue weighted by molar-refractivity contribution is 5.28. The molecule has 0 unspecified atom stereocenters. The Balaban J connectivity index is 1.69. The van der Waals surface area contributed by atoms with Crippen molar-refractivity contribution in [1.29, 1.82) is 0 Å². The fraction of sp³-hybridized carbons (Fsp3) is 0.818. The van der Waals surface area contributed by atoms with Crippen molar-refractivity contribution in [3.05, 3.63) is 5.89 Å². The molecule has 2 N–H and O–H groups in total.